The number of carbonyl (C=O) groups is 5. The fourth-order valence-corrected chi connectivity index (χ4v) is 2.97. The second kappa shape index (κ2) is 13.8. The van der Waals surface area contributed by atoms with Crippen molar-refractivity contribution in [3.63, 3.8) is 0 Å². The van der Waals surface area contributed by atoms with Crippen LogP contribution in [0.15, 0.2) is 16.9 Å². The Hall–Kier alpha value is -3.64. The maximum absolute atomic E-state index is 12.1. The lowest BCUT2D eigenvalue weighted by molar-refractivity contribution is -0.297. The lowest BCUT2D eigenvalue weighted by atomic mass is 9.98. The van der Waals surface area contributed by atoms with E-state index in [0.29, 0.717) is 0 Å². The van der Waals surface area contributed by atoms with E-state index in [2.05, 4.69) is 10.0 Å². The third kappa shape index (κ3) is 9.08. The van der Waals surface area contributed by atoms with Crippen LogP contribution in [-0.4, -0.2) is 73.5 Å². The summed E-state index contributed by atoms with van der Waals surface area (Å²) in [5.41, 5.74) is 8.55. The Balaban J connectivity index is 3.44. The Morgan fingerprint density at radius 1 is 0.912 bits per heavy atom. The van der Waals surface area contributed by atoms with Crippen LogP contribution in [0.5, 0.6) is 0 Å². The maximum Gasteiger partial charge on any atom is 0.303 e. The molecule has 1 fully saturated rings. The van der Waals surface area contributed by atoms with Crippen molar-refractivity contribution < 1.29 is 52.4 Å². The van der Waals surface area contributed by atoms with Crippen molar-refractivity contribution in [2.24, 2.45) is 5.11 Å². The van der Waals surface area contributed by atoms with Crippen LogP contribution in [0.2, 0.25) is 0 Å². The third-order valence-electron chi connectivity index (χ3n) is 4.28. The molecule has 0 radical (unpaired) electrons. The Kier molecular flexibility index (Phi) is 11.5. The van der Waals surface area contributed by atoms with Gasteiger partial charge in [-0.15, -0.1) is 0 Å². The molecule has 0 amide bonds. The average Bonchev–Trinajstić information content (AvgIpc) is 2.74. The minimum absolute atomic E-state index is 0.00634. The zero-order valence-corrected chi connectivity index (χ0v) is 19.4. The first-order valence-electron chi connectivity index (χ1n) is 10.2. The second-order valence-corrected chi connectivity index (χ2v) is 7.01. The minimum Gasteiger partial charge on any atom is -0.468 e. The molecule has 0 aromatic heterocycles. The summed E-state index contributed by atoms with van der Waals surface area (Å²) in [6.07, 6.45) is -5.85. The molecule has 0 spiro atoms. The van der Waals surface area contributed by atoms with Crippen molar-refractivity contribution in [2.45, 2.75) is 71.7 Å². The average molecular weight is 485 g/mol. The molecule has 1 aliphatic rings. The number of rotatable bonds is 11. The molecule has 0 N–H and O–H groups in total. The van der Waals surface area contributed by atoms with Crippen LogP contribution in [0.1, 0.15) is 41.0 Å². The summed E-state index contributed by atoms with van der Waals surface area (Å²) < 4.78 is 32.0. The first kappa shape index (κ1) is 28.4. The number of hydrogen-bond acceptors (Lipinski definition) is 12. The predicted octanol–water partition coefficient (Wildman–Crippen LogP) is 1.26. The molecule has 188 valence electrons. The lowest BCUT2D eigenvalue weighted by Crippen LogP contribution is -2.62. The molecule has 34 heavy (non-hydrogen) atoms. The van der Waals surface area contributed by atoms with Gasteiger partial charge in [-0.2, -0.15) is 0 Å². The number of nitrogens with zero attached hydrogens (tertiary/aromatic N) is 3. The minimum atomic E-state index is -1.49. The summed E-state index contributed by atoms with van der Waals surface area (Å²) in [5.74, 6) is -3.43. The van der Waals surface area contributed by atoms with Crippen molar-refractivity contribution >= 4 is 29.7 Å². The van der Waals surface area contributed by atoms with Gasteiger partial charge in [0.05, 0.1) is 12.8 Å². The van der Waals surface area contributed by atoms with Gasteiger partial charge in [-0.25, -0.2) is 0 Å². The van der Waals surface area contributed by atoms with Gasteiger partial charge in [0, 0.05) is 44.6 Å². The van der Waals surface area contributed by atoms with Gasteiger partial charge in [0.1, 0.15) is 12.7 Å². The van der Waals surface area contributed by atoms with Gasteiger partial charge in [-0.1, -0.05) is 12.0 Å². The summed E-state index contributed by atoms with van der Waals surface area (Å²) in [6, 6.07) is 0. The number of azide groups is 1. The molecular weight excluding hydrogens is 458 g/mol. The van der Waals surface area contributed by atoms with Crippen LogP contribution in [0.25, 0.3) is 10.4 Å². The SMILES string of the molecule is CCC(=O)/C(=C\O[C@@H]1O[C@H](COC(C)=O)[C@@H](OC(C)=O)[C@H](OC(C)=O)[C@H]1OC(C)=O)CN=[N+]=[N-]. The number of ether oxygens (including phenoxy) is 6. The molecule has 1 saturated heterocycles. The van der Waals surface area contributed by atoms with Gasteiger partial charge >= 0.3 is 23.9 Å². The molecule has 1 rings (SSSR count). The van der Waals surface area contributed by atoms with Gasteiger partial charge in [-0.05, 0) is 5.53 Å². The van der Waals surface area contributed by atoms with E-state index in [1.165, 1.54) is 0 Å². The lowest BCUT2D eigenvalue weighted by Gasteiger charge is -2.43. The van der Waals surface area contributed by atoms with Gasteiger partial charge in [-0.3, -0.25) is 24.0 Å². The largest absolute Gasteiger partial charge is 0.468 e. The van der Waals surface area contributed by atoms with Crippen LogP contribution in [-0.2, 0) is 52.4 Å². The van der Waals surface area contributed by atoms with E-state index in [1.54, 1.807) is 6.92 Å². The Labute approximate surface area is 195 Å². The van der Waals surface area contributed by atoms with Crippen molar-refractivity contribution in [1.29, 1.82) is 0 Å². The van der Waals surface area contributed by atoms with E-state index in [0.717, 1.165) is 34.0 Å². The van der Waals surface area contributed by atoms with Crippen LogP contribution >= 0.6 is 0 Å². The molecule has 0 saturated carbocycles. The van der Waals surface area contributed by atoms with E-state index in [9.17, 15) is 24.0 Å². The molecule has 0 bridgehead atoms. The Bertz CT molecular complexity index is 866. The Morgan fingerprint density at radius 2 is 1.47 bits per heavy atom. The van der Waals surface area contributed by atoms with Crippen LogP contribution < -0.4 is 0 Å². The molecule has 0 unspecified atom stereocenters. The van der Waals surface area contributed by atoms with Crippen LogP contribution in [0, 0.1) is 0 Å². The highest BCUT2D eigenvalue weighted by molar-refractivity contribution is 5.95. The van der Waals surface area contributed by atoms with E-state index >= 15 is 0 Å². The Morgan fingerprint density at radius 3 is 1.97 bits per heavy atom. The van der Waals surface area contributed by atoms with E-state index < -0.39 is 67.0 Å². The molecule has 1 aliphatic heterocycles. The third-order valence-corrected chi connectivity index (χ3v) is 4.28. The highest BCUT2D eigenvalue weighted by atomic mass is 16.7. The summed E-state index contributed by atoms with van der Waals surface area (Å²) >= 11 is 0. The molecule has 1 heterocycles. The molecular formula is C20H27N3O11. The predicted molar refractivity (Wildman–Crippen MR) is 110 cm³/mol. The van der Waals surface area contributed by atoms with E-state index in [-0.39, 0.29) is 18.5 Å². The molecule has 5 atom stereocenters. The smallest absolute Gasteiger partial charge is 0.303 e. The summed E-state index contributed by atoms with van der Waals surface area (Å²) in [4.78, 5) is 61.3. The van der Waals surface area contributed by atoms with Gasteiger partial charge in [0.15, 0.2) is 18.0 Å². The summed E-state index contributed by atoms with van der Waals surface area (Å²) in [6.45, 7) is 5.23. The number of carbonyl (C=O) groups excluding carboxylic acids is 5. The molecule has 14 heteroatoms. The van der Waals surface area contributed by atoms with E-state index in [1.807, 2.05) is 0 Å². The zero-order valence-electron chi connectivity index (χ0n) is 19.4. The van der Waals surface area contributed by atoms with Gasteiger partial charge < -0.3 is 28.4 Å². The molecule has 0 aromatic rings. The number of esters is 4. The molecule has 14 nitrogen and oxygen atoms in total. The van der Waals surface area contributed by atoms with E-state index in [4.69, 9.17) is 34.0 Å². The van der Waals surface area contributed by atoms with Crippen molar-refractivity contribution in [3.05, 3.63) is 22.3 Å². The first-order valence-corrected chi connectivity index (χ1v) is 10.2. The summed E-state index contributed by atoms with van der Waals surface area (Å²) in [5, 5.41) is 3.34. The van der Waals surface area contributed by atoms with Gasteiger partial charge in [0.25, 0.3) is 0 Å². The normalized spacial score (nSPS) is 24.1. The number of Topliss-reactive ketones (excluding diaryl/α,β-unsaturated/α-hetero) is 1. The zero-order chi connectivity index (χ0) is 25.8. The fourth-order valence-electron chi connectivity index (χ4n) is 2.97. The fraction of sp³-hybridized carbons (Fsp3) is 0.650. The van der Waals surface area contributed by atoms with Crippen molar-refractivity contribution in [2.75, 3.05) is 13.2 Å². The van der Waals surface area contributed by atoms with Crippen molar-refractivity contribution in [1.82, 2.24) is 0 Å². The molecule has 0 aliphatic carbocycles. The first-order chi connectivity index (χ1) is 16.0. The standard InChI is InChI=1S/C20H27N3O11/c1-6-15(28)14(7-22-23-21)8-30-20-19(33-13(5)27)18(32-12(4)26)17(31-11(3)25)16(34-20)9-29-10(2)24/h8,16-20H,6-7,9H2,1-5H3/b14-8-/t16-,17-,18+,19-,20-/m1/s1. The van der Waals surface area contributed by atoms with Crippen molar-refractivity contribution in [3.8, 4) is 0 Å². The molecule has 0 aromatic carbocycles. The topological polar surface area (TPSA) is 189 Å². The van der Waals surface area contributed by atoms with Gasteiger partial charge in [0.2, 0.25) is 12.4 Å². The maximum atomic E-state index is 12.1. The second-order valence-electron chi connectivity index (χ2n) is 7.01. The highest BCUT2D eigenvalue weighted by Crippen LogP contribution is 2.30. The monoisotopic (exact) mass is 485 g/mol. The quantitative estimate of drug-likeness (QED) is 0.0778. The summed E-state index contributed by atoms with van der Waals surface area (Å²) in [7, 11) is 0. The van der Waals surface area contributed by atoms with Crippen LogP contribution in [0.4, 0.5) is 0 Å². The number of ketones is 1. The number of hydrogen-bond donors (Lipinski definition) is 0. The highest BCUT2D eigenvalue weighted by Gasteiger charge is 2.53. The van der Waals surface area contributed by atoms with Crippen LogP contribution in [0.3, 0.4) is 0 Å².